The fraction of sp³-hybridized carbons (Fsp3) is 0.344. The molecule has 1 aliphatic heterocycles. The molecule has 2 fully saturated rings. The lowest BCUT2D eigenvalue weighted by Gasteiger charge is -2.18. The molecule has 0 bridgehead atoms. The smallest absolute Gasteiger partial charge is 0.270 e. The van der Waals surface area contributed by atoms with Crippen LogP contribution in [0, 0.1) is 5.82 Å². The first kappa shape index (κ1) is 26.2. The average molecular weight is 540 g/mol. The third-order valence-corrected chi connectivity index (χ3v) is 8.00. The van der Waals surface area contributed by atoms with Crippen LogP contribution >= 0.6 is 0 Å². The summed E-state index contributed by atoms with van der Waals surface area (Å²) in [7, 11) is 0. The lowest BCUT2D eigenvalue weighted by molar-refractivity contribution is 0.0949. The third-order valence-electron chi connectivity index (χ3n) is 8.00. The van der Waals surface area contributed by atoms with Crippen LogP contribution in [-0.4, -0.2) is 51.4 Å². The summed E-state index contributed by atoms with van der Waals surface area (Å²) in [5, 5.41) is 17.6. The Morgan fingerprint density at radius 1 is 1.15 bits per heavy atom. The topological polar surface area (TPSA) is 82.8 Å². The Kier molecular flexibility index (Phi) is 7.11. The normalized spacial score (nSPS) is 17.6. The summed E-state index contributed by atoms with van der Waals surface area (Å²) in [6.07, 6.45) is 5.17. The van der Waals surface area contributed by atoms with E-state index in [0.29, 0.717) is 61.0 Å². The number of hydrogen-bond acceptors (Lipinski definition) is 5. The van der Waals surface area contributed by atoms with Crippen LogP contribution in [0.3, 0.4) is 0 Å². The number of allylic oxidation sites excluding steroid dienone is 2. The van der Waals surface area contributed by atoms with Crippen LogP contribution in [0.1, 0.15) is 66.3 Å². The molecule has 3 heterocycles. The molecule has 1 saturated carbocycles. The molecule has 0 radical (unpaired) electrons. The number of anilines is 1. The van der Waals surface area contributed by atoms with Gasteiger partial charge < -0.3 is 15.3 Å². The van der Waals surface area contributed by atoms with E-state index in [2.05, 4.69) is 35.4 Å². The molecule has 2 aliphatic rings. The zero-order valence-electron chi connectivity index (χ0n) is 22.9. The highest BCUT2D eigenvalue weighted by molar-refractivity contribution is 5.93. The molecule has 1 amide bonds. The number of carbonyl (C=O) groups is 1. The van der Waals surface area contributed by atoms with Gasteiger partial charge in [-0.3, -0.25) is 4.79 Å². The Morgan fingerprint density at radius 2 is 1.98 bits per heavy atom. The van der Waals surface area contributed by atoms with Gasteiger partial charge in [-0.1, -0.05) is 30.3 Å². The van der Waals surface area contributed by atoms with Crippen molar-refractivity contribution in [3.05, 3.63) is 89.0 Å². The van der Waals surface area contributed by atoms with Gasteiger partial charge in [-0.05, 0) is 80.5 Å². The summed E-state index contributed by atoms with van der Waals surface area (Å²) in [6, 6.07) is 16.9. The van der Waals surface area contributed by atoms with E-state index in [-0.39, 0.29) is 17.8 Å². The Morgan fingerprint density at radius 3 is 2.70 bits per heavy atom. The van der Waals surface area contributed by atoms with Gasteiger partial charge in [0, 0.05) is 48.6 Å². The molecule has 206 valence electrons. The Hall–Kier alpha value is -4.04. The summed E-state index contributed by atoms with van der Waals surface area (Å²) in [4.78, 5) is 19.8. The van der Waals surface area contributed by atoms with Gasteiger partial charge in [0.2, 0.25) is 0 Å². The van der Waals surface area contributed by atoms with Crippen molar-refractivity contribution in [2.24, 2.45) is 0 Å². The number of β-amino-alcohol motifs (C(OH)–C–C–N with tert-alkyl or cyclic N) is 1. The predicted molar refractivity (Wildman–Crippen MR) is 155 cm³/mol. The molecule has 8 heteroatoms. The molecular formula is C32H34FN5O2. The SMILES string of the molecule is C/C=C(/C)c1ccccc1CCNC(=O)c1cc(C2CC2)n2nc(-c3ccc(N4CC[C@H](O)C4)cc3F)cc2n1. The zero-order valence-corrected chi connectivity index (χ0v) is 22.9. The maximum absolute atomic E-state index is 15.2. The van der Waals surface area contributed by atoms with Crippen molar-refractivity contribution in [2.45, 2.75) is 51.6 Å². The maximum Gasteiger partial charge on any atom is 0.270 e. The molecule has 1 atom stereocenters. The molecule has 7 nitrogen and oxygen atoms in total. The molecule has 40 heavy (non-hydrogen) atoms. The number of aliphatic hydroxyl groups excluding tert-OH is 1. The second-order valence-electron chi connectivity index (χ2n) is 10.8. The number of nitrogens with zero attached hydrogens (tertiary/aromatic N) is 4. The predicted octanol–water partition coefficient (Wildman–Crippen LogP) is 5.38. The van der Waals surface area contributed by atoms with E-state index in [0.717, 1.165) is 24.2 Å². The third kappa shape index (κ3) is 5.23. The first-order valence-electron chi connectivity index (χ1n) is 14.0. The number of aromatic nitrogens is 3. The number of benzene rings is 2. The lowest BCUT2D eigenvalue weighted by atomic mass is 9.98. The standard InChI is InChI=1S/C32H34FN5O2/c1-3-20(2)25-7-5-4-6-21(25)12-14-34-32(40)29-17-30(22-8-9-22)38-31(35-29)18-28(36-38)26-11-10-23(16-27(26)33)37-15-13-24(39)19-37/h3-7,10-11,16-18,22,24,39H,8-9,12-15,19H2,1-2H3,(H,34,40)/b20-3-/t24-/m0/s1. The van der Waals surface area contributed by atoms with Crippen molar-refractivity contribution in [3.63, 3.8) is 0 Å². The largest absolute Gasteiger partial charge is 0.391 e. The second-order valence-corrected chi connectivity index (χ2v) is 10.8. The molecule has 4 aromatic rings. The molecule has 1 saturated heterocycles. The Bertz CT molecular complexity index is 1610. The number of halogens is 1. The lowest BCUT2D eigenvalue weighted by Crippen LogP contribution is -2.27. The molecule has 2 aromatic carbocycles. The van der Waals surface area contributed by atoms with Crippen molar-refractivity contribution in [3.8, 4) is 11.3 Å². The number of rotatable bonds is 8. The second kappa shape index (κ2) is 10.8. The molecule has 6 rings (SSSR count). The van der Waals surface area contributed by atoms with E-state index in [1.54, 1.807) is 16.6 Å². The van der Waals surface area contributed by atoms with E-state index in [9.17, 15) is 9.90 Å². The Balaban J connectivity index is 1.23. The van der Waals surface area contributed by atoms with Crippen LogP contribution in [-0.2, 0) is 6.42 Å². The highest BCUT2D eigenvalue weighted by Crippen LogP contribution is 2.40. The monoisotopic (exact) mass is 539 g/mol. The van der Waals surface area contributed by atoms with Crippen molar-refractivity contribution in [1.29, 1.82) is 0 Å². The average Bonchev–Trinajstić information content (AvgIpc) is 3.57. The molecule has 0 spiro atoms. The zero-order chi connectivity index (χ0) is 27.8. The van der Waals surface area contributed by atoms with Crippen LogP contribution in [0.4, 0.5) is 10.1 Å². The van der Waals surface area contributed by atoms with Gasteiger partial charge in [-0.25, -0.2) is 13.9 Å². The highest BCUT2D eigenvalue weighted by atomic mass is 19.1. The van der Waals surface area contributed by atoms with Gasteiger partial charge in [-0.15, -0.1) is 0 Å². The summed E-state index contributed by atoms with van der Waals surface area (Å²) < 4.78 is 17.0. The number of nitrogens with one attached hydrogen (secondary N) is 1. The van der Waals surface area contributed by atoms with Gasteiger partial charge >= 0.3 is 0 Å². The van der Waals surface area contributed by atoms with Crippen molar-refractivity contribution >= 4 is 22.8 Å². The molecule has 1 aliphatic carbocycles. The summed E-state index contributed by atoms with van der Waals surface area (Å²) >= 11 is 0. The first-order valence-corrected chi connectivity index (χ1v) is 14.0. The van der Waals surface area contributed by atoms with E-state index in [1.165, 1.54) is 22.8 Å². The van der Waals surface area contributed by atoms with Gasteiger partial charge in [0.1, 0.15) is 11.5 Å². The number of carbonyl (C=O) groups excluding carboxylic acids is 1. The first-order chi connectivity index (χ1) is 19.4. The fourth-order valence-corrected chi connectivity index (χ4v) is 5.48. The van der Waals surface area contributed by atoms with Crippen LogP contribution < -0.4 is 10.2 Å². The van der Waals surface area contributed by atoms with E-state index >= 15 is 4.39 Å². The van der Waals surface area contributed by atoms with Crippen LogP contribution in [0.15, 0.2) is 60.7 Å². The van der Waals surface area contributed by atoms with Crippen LogP contribution in [0.25, 0.3) is 22.5 Å². The minimum atomic E-state index is -0.377. The van der Waals surface area contributed by atoms with Crippen molar-refractivity contribution in [1.82, 2.24) is 19.9 Å². The van der Waals surface area contributed by atoms with E-state index in [1.807, 2.05) is 36.1 Å². The van der Waals surface area contributed by atoms with Gasteiger partial charge in [-0.2, -0.15) is 5.10 Å². The molecule has 2 aromatic heterocycles. The number of amides is 1. The Labute approximate surface area is 233 Å². The van der Waals surface area contributed by atoms with Crippen molar-refractivity contribution < 1.29 is 14.3 Å². The molecule has 0 unspecified atom stereocenters. The number of aliphatic hydroxyl groups is 1. The highest BCUT2D eigenvalue weighted by Gasteiger charge is 2.29. The number of fused-ring (bicyclic) bond motifs is 1. The minimum Gasteiger partial charge on any atom is -0.391 e. The quantitative estimate of drug-likeness (QED) is 0.314. The van der Waals surface area contributed by atoms with E-state index in [4.69, 9.17) is 5.10 Å². The van der Waals surface area contributed by atoms with E-state index < -0.39 is 0 Å². The summed E-state index contributed by atoms with van der Waals surface area (Å²) in [5.74, 6) is -0.285. The van der Waals surface area contributed by atoms with Crippen molar-refractivity contribution in [2.75, 3.05) is 24.5 Å². The fourth-order valence-electron chi connectivity index (χ4n) is 5.48. The maximum atomic E-state index is 15.2. The van der Waals surface area contributed by atoms with Crippen LogP contribution in [0.2, 0.25) is 0 Å². The van der Waals surface area contributed by atoms with Gasteiger partial charge in [0.05, 0.1) is 11.8 Å². The summed E-state index contributed by atoms with van der Waals surface area (Å²) in [5.41, 5.74) is 7.02. The summed E-state index contributed by atoms with van der Waals surface area (Å²) in [6.45, 7) is 5.83. The number of hydrogen-bond donors (Lipinski definition) is 2. The van der Waals surface area contributed by atoms with Gasteiger partial charge in [0.15, 0.2) is 5.65 Å². The minimum absolute atomic E-state index is 0.226. The van der Waals surface area contributed by atoms with Gasteiger partial charge in [0.25, 0.3) is 5.91 Å². The molecular weight excluding hydrogens is 505 g/mol. The van der Waals surface area contributed by atoms with Crippen LogP contribution in [0.5, 0.6) is 0 Å². The molecule has 2 N–H and O–H groups in total.